The van der Waals surface area contributed by atoms with Crippen LogP contribution in [0.25, 0.3) is 5.69 Å². The predicted octanol–water partition coefficient (Wildman–Crippen LogP) is 3.65. The van der Waals surface area contributed by atoms with Crippen LogP contribution in [0.3, 0.4) is 0 Å². The number of aryl methyl sites for hydroxylation is 1. The molecule has 27 heavy (non-hydrogen) atoms. The molecule has 0 unspecified atom stereocenters. The Labute approximate surface area is 162 Å². The molecule has 2 N–H and O–H groups in total. The van der Waals surface area contributed by atoms with Crippen molar-refractivity contribution in [3.63, 3.8) is 0 Å². The van der Waals surface area contributed by atoms with Crippen LogP contribution >= 0.6 is 11.8 Å². The first-order valence-electron chi connectivity index (χ1n) is 8.57. The third-order valence-electron chi connectivity index (χ3n) is 4.12. The maximum absolute atomic E-state index is 12.5. The van der Waals surface area contributed by atoms with Gasteiger partial charge < -0.3 is 4.57 Å². The van der Waals surface area contributed by atoms with E-state index in [1.807, 2.05) is 85.1 Å². The lowest BCUT2D eigenvalue weighted by molar-refractivity contribution is -0.119. The number of nitrogens with one attached hydrogen (secondary N) is 2. The first kappa shape index (κ1) is 18.8. The summed E-state index contributed by atoms with van der Waals surface area (Å²) in [7, 11) is 0. The Balaban J connectivity index is 1.61. The van der Waals surface area contributed by atoms with Gasteiger partial charge in [-0.3, -0.25) is 20.4 Å². The Morgan fingerprint density at radius 3 is 2.22 bits per heavy atom. The second-order valence-electron chi connectivity index (χ2n) is 6.06. The minimum absolute atomic E-state index is 0.229. The van der Waals surface area contributed by atoms with Crippen LogP contribution in [0.5, 0.6) is 0 Å². The summed E-state index contributed by atoms with van der Waals surface area (Å²) in [5.41, 5.74) is 8.29. The van der Waals surface area contributed by atoms with Crippen LogP contribution in [-0.4, -0.2) is 22.1 Å². The van der Waals surface area contributed by atoms with Gasteiger partial charge in [-0.05, 0) is 44.2 Å². The van der Waals surface area contributed by atoms with Crippen molar-refractivity contribution >= 4 is 23.6 Å². The summed E-state index contributed by atoms with van der Waals surface area (Å²) >= 11 is 1.42. The van der Waals surface area contributed by atoms with E-state index in [1.165, 1.54) is 11.8 Å². The number of benzene rings is 2. The summed E-state index contributed by atoms with van der Waals surface area (Å²) in [4.78, 5) is 25.5. The molecule has 0 aliphatic rings. The van der Waals surface area contributed by atoms with Crippen molar-refractivity contribution in [2.24, 2.45) is 0 Å². The maximum Gasteiger partial charge on any atom is 0.271 e. The number of hydrazine groups is 1. The Hall–Kier alpha value is -2.99. The van der Waals surface area contributed by atoms with E-state index in [2.05, 4.69) is 10.9 Å². The van der Waals surface area contributed by atoms with Gasteiger partial charge in [0, 0.05) is 22.0 Å². The van der Waals surface area contributed by atoms with Gasteiger partial charge in [0.2, 0.25) is 5.91 Å². The number of rotatable bonds is 5. The Bertz CT molecular complexity index is 937. The Morgan fingerprint density at radius 2 is 1.56 bits per heavy atom. The smallest absolute Gasteiger partial charge is 0.271 e. The third kappa shape index (κ3) is 4.60. The molecule has 2 amide bonds. The van der Waals surface area contributed by atoms with E-state index in [0.29, 0.717) is 5.56 Å². The molecule has 0 spiro atoms. The zero-order chi connectivity index (χ0) is 19.2. The standard InChI is InChI=1S/C21H21N3O2S/c1-15-13-19(16(2)24(15)17-9-5-3-6-10-17)21(26)23-22-20(25)14-27-18-11-7-4-8-12-18/h3-13H,14H2,1-2H3,(H,22,25)(H,23,26). The first-order valence-corrected chi connectivity index (χ1v) is 9.56. The van der Waals surface area contributed by atoms with E-state index in [0.717, 1.165) is 22.0 Å². The van der Waals surface area contributed by atoms with Crippen molar-refractivity contribution in [1.82, 2.24) is 15.4 Å². The molecule has 1 aromatic heterocycles. The van der Waals surface area contributed by atoms with E-state index in [4.69, 9.17) is 0 Å². The van der Waals surface area contributed by atoms with Crippen LogP contribution in [0.1, 0.15) is 21.7 Å². The molecular weight excluding hydrogens is 358 g/mol. The van der Waals surface area contributed by atoms with Crippen LogP contribution in [0.15, 0.2) is 71.6 Å². The molecule has 138 valence electrons. The summed E-state index contributed by atoms with van der Waals surface area (Å²) < 4.78 is 2.02. The Kier molecular flexibility index (Phi) is 5.98. The van der Waals surface area contributed by atoms with Crippen LogP contribution in [0, 0.1) is 13.8 Å². The number of hydrogen-bond acceptors (Lipinski definition) is 3. The number of aromatic nitrogens is 1. The number of amides is 2. The summed E-state index contributed by atoms with van der Waals surface area (Å²) in [6.07, 6.45) is 0. The normalized spacial score (nSPS) is 10.4. The number of thioether (sulfide) groups is 1. The minimum atomic E-state index is -0.330. The molecule has 0 saturated heterocycles. The monoisotopic (exact) mass is 379 g/mol. The van der Waals surface area contributed by atoms with Gasteiger partial charge >= 0.3 is 0 Å². The van der Waals surface area contributed by atoms with Crippen molar-refractivity contribution in [2.45, 2.75) is 18.7 Å². The molecule has 0 radical (unpaired) electrons. The lowest BCUT2D eigenvalue weighted by Crippen LogP contribution is -2.42. The predicted molar refractivity (Wildman–Crippen MR) is 108 cm³/mol. The summed E-state index contributed by atoms with van der Waals surface area (Å²) in [5, 5.41) is 0. The van der Waals surface area contributed by atoms with Crippen LogP contribution < -0.4 is 10.9 Å². The second kappa shape index (κ2) is 8.60. The number of carbonyl (C=O) groups is 2. The fraction of sp³-hybridized carbons (Fsp3) is 0.143. The zero-order valence-corrected chi connectivity index (χ0v) is 16.0. The SMILES string of the molecule is Cc1cc(C(=O)NNC(=O)CSc2ccccc2)c(C)n1-c1ccccc1. The van der Waals surface area contributed by atoms with Gasteiger partial charge in [-0.2, -0.15) is 0 Å². The number of para-hydroxylation sites is 1. The van der Waals surface area contributed by atoms with Crippen LogP contribution in [0.2, 0.25) is 0 Å². The summed E-state index contributed by atoms with van der Waals surface area (Å²) in [6.45, 7) is 3.84. The van der Waals surface area contributed by atoms with E-state index in [1.54, 1.807) is 0 Å². The molecule has 6 heteroatoms. The van der Waals surface area contributed by atoms with E-state index >= 15 is 0 Å². The highest BCUT2D eigenvalue weighted by molar-refractivity contribution is 8.00. The summed E-state index contributed by atoms with van der Waals surface area (Å²) in [5.74, 6) is -0.356. The molecule has 5 nitrogen and oxygen atoms in total. The van der Waals surface area contributed by atoms with Gasteiger partial charge in [-0.25, -0.2) is 0 Å². The molecule has 2 aromatic carbocycles. The lowest BCUT2D eigenvalue weighted by Gasteiger charge is -2.10. The van der Waals surface area contributed by atoms with Gasteiger partial charge in [0.15, 0.2) is 0 Å². The minimum Gasteiger partial charge on any atom is -0.318 e. The van der Waals surface area contributed by atoms with E-state index < -0.39 is 0 Å². The van der Waals surface area contributed by atoms with Crippen LogP contribution in [0.4, 0.5) is 0 Å². The fourth-order valence-corrected chi connectivity index (χ4v) is 3.58. The van der Waals surface area contributed by atoms with Gasteiger partial charge in [0.05, 0.1) is 11.3 Å². The van der Waals surface area contributed by atoms with Gasteiger partial charge in [-0.1, -0.05) is 36.4 Å². The van der Waals surface area contributed by atoms with Gasteiger partial charge in [0.25, 0.3) is 5.91 Å². The molecule has 0 aliphatic heterocycles. The van der Waals surface area contributed by atoms with Gasteiger partial charge in [-0.15, -0.1) is 11.8 Å². The highest BCUT2D eigenvalue weighted by Gasteiger charge is 2.17. The van der Waals surface area contributed by atoms with Crippen LogP contribution in [-0.2, 0) is 4.79 Å². The lowest BCUT2D eigenvalue weighted by atomic mass is 10.2. The Morgan fingerprint density at radius 1 is 0.926 bits per heavy atom. The molecule has 0 atom stereocenters. The number of hydrogen-bond donors (Lipinski definition) is 2. The molecular formula is C21H21N3O2S. The molecule has 0 aliphatic carbocycles. The second-order valence-corrected chi connectivity index (χ2v) is 7.11. The molecule has 0 bridgehead atoms. The van der Waals surface area contributed by atoms with Gasteiger partial charge in [0.1, 0.15) is 0 Å². The maximum atomic E-state index is 12.5. The largest absolute Gasteiger partial charge is 0.318 e. The van der Waals surface area contributed by atoms with Crippen molar-refractivity contribution in [2.75, 3.05) is 5.75 Å². The first-order chi connectivity index (χ1) is 13.1. The van der Waals surface area contributed by atoms with Crippen molar-refractivity contribution in [1.29, 1.82) is 0 Å². The van der Waals surface area contributed by atoms with Crippen molar-refractivity contribution in [3.05, 3.63) is 83.7 Å². The molecule has 3 rings (SSSR count). The third-order valence-corrected chi connectivity index (χ3v) is 5.13. The van der Waals surface area contributed by atoms with Crippen molar-refractivity contribution < 1.29 is 9.59 Å². The number of nitrogens with zero attached hydrogens (tertiary/aromatic N) is 1. The van der Waals surface area contributed by atoms with E-state index in [-0.39, 0.29) is 17.6 Å². The molecule has 0 fully saturated rings. The average Bonchev–Trinajstić information content (AvgIpc) is 3.00. The molecule has 3 aromatic rings. The number of carbonyl (C=O) groups excluding carboxylic acids is 2. The highest BCUT2D eigenvalue weighted by Crippen LogP contribution is 2.20. The average molecular weight is 379 g/mol. The highest BCUT2D eigenvalue weighted by atomic mass is 32.2. The molecule has 1 heterocycles. The zero-order valence-electron chi connectivity index (χ0n) is 15.2. The molecule has 0 saturated carbocycles. The van der Waals surface area contributed by atoms with E-state index in [9.17, 15) is 9.59 Å². The summed E-state index contributed by atoms with van der Waals surface area (Å²) in [6, 6.07) is 21.3. The fourth-order valence-electron chi connectivity index (χ4n) is 2.86. The van der Waals surface area contributed by atoms with Crippen molar-refractivity contribution in [3.8, 4) is 5.69 Å². The topological polar surface area (TPSA) is 63.1 Å². The quantitative estimate of drug-likeness (QED) is 0.525.